The smallest absolute Gasteiger partial charge is 0.337 e. The molecule has 0 aliphatic heterocycles. The highest BCUT2D eigenvalue weighted by molar-refractivity contribution is 9.10. The predicted molar refractivity (Wildman–Crippen MR) is 84.8 cm³/mol. The van der Waals surface area contributed by atoms with E-state index in [9.17, 15) is 14.7 Å². The molecule has 0 saturated heterocycles. The van der Waals surface area contributed by atoms with Gasteiger partial charge in [-0.3, -0.25) is 0 Å². The van der Waals surface area contributed by atoms with Gasteiger partial charge in [-0.2, -0.15) is 0 Å². The fraction of sp³-hybridized carbons (Fsp3) is 0.467. The Morgan fingerprint density at radius 1 is 1.43 bits per heavy atom. The van der Waals surface area contributed by atoms with E-state index < -0.39 is 5.97 Å². The van der Waals surface area contributed by atoms with Crippen molar-refractivity contribution in [1.29, 1.82) is 0 Å². The first-order chi connectivity index (χ1) is 10.0. The van der Waals surface area contributed by atoms with Gasteiger partial charge in [0.05, 0.1) is 11.3 Å². The average molecular weight is 355 g/mol. The van der Waals surface area contributed by atoms with Crippen molar-refractivity contribution >= 4 is 33.6 Å². The van der Waals surface area contributed by atoms with E-state index in [1.807, 2.05) is 4.90 Å². The van der Waals surface area contributed by atoms with Crippen molar-refractivity contribution in [2.75, 3.05) is 11.9 Å². The van der Waals surface area contributed by atoms with Gasteiger partial charge in [-0.25, -0.2) is 9.59 Å². The zero-order valence-corrected chi connectivity index (χ0v) is 13.5. The molecule has 1 saturated carbocycles. The summed E-state index contributed by atoms with van der Waals surface area (Å²) in [6, 6.07) is 4.91. The lowest BCUT2D eigenvalue weighted by atomic mass is 10.2. The van der Waals surface area contributed by atoms with Gasteiger partial charge in [-0.1, -0.05) is 29.3 Å². The van der Waals surface area contributed by atoms with Crippen LogP contribution < -0.4 is 5.32 Å². The number of carboxylic acids is 1. The Morgan fingerprint density at radius 2 is 2.14 bits per heavy atom. The number of hydrogen-bond donors (Lipinski definition) is 2. The SMILES string of the molecule is CCCCN(C(=O)Nc1ccc(Br)cc1C(=O)O)C1CC1. The fourth-order valence-electron chi connectivity index (χ4n) is 2.15. The van der Waals surface area contributed by atoms with E-state index in [1.165, 1.54) is 6.07 Å². The second-order valence-electron chi connectivity index (χ2n) is 5.20. The van der Waals surface area contributed by atoms with E-state index >= 15 is 0 Å². The minimum absolute atomic E-state index is 0.0870. The lowest BCUT2D eigenvalue weighted by molar-refractivity contribution is 0.0698. The van der Waals surface area contributed by atoms with Gasteiger partial charge in [-0.05, 0) is 37.5 Å². The fourth-order valence-corrected chi connectivity index (χ4v) is 2.52. The van der Waals surface area contributed by atoms with Crippen LogP contribution in [0.1, 0.15) is 43.0 Å². The molecule has 0 spiro atoms. The molecular formula is C15H19BrN2O3. The molecule has 2 rings (SSSR count). The van der Waals surface area contributed by atoms with Gasteiger partial charge in [0.1, 0.15) is 0 Å². The molecule has 1 aliphatic rings. The number of carbonyl (C=O) groups excluding carboxylic acids is 1. The van der Waals surface area contributed by atoms with Crippen LogP contribution >= 0.6 is 15.9 Å². The lowest BCUT2D eigenvalue weighted by Crippen LogP contribution is -2.37. The number of nitrogens with one attached hydrogen (secondary N) is 1. The van der Waals surface area contributed by atoms with Crippen LogP contribution in [0.15, 0.2) is 22.7 Å². The molecule has 114 valence electrons. The Balaban J connectivity index is 2.12. The number of amides is 2. The monoisotopic (exact) mass is 354 g/mol. The first-order valence-electron chi connectivity index (χ1n) is 7.13. The summed E-state index contributed by atoms with van der Waals surface area (Å²) < 4.78 is 0.669. The molecule has 0 heterocycles. The summed E-state index contributed by atoms with van der Waals surface area (Å²) in [5.74, 6) is -1.06. The third-order valence-electron chi connectivity index (χ3n) is 3.45. The molecule has 2 amide bonds. The average Bonchev–Trinajstić information content (AvgIpc) is 3.25. The van der Waals surface area contributed by atoms with Crippen molar-refractivity contribution in [3.05, 3.63) is 28.2 Å². The number of benzene rings is 1. The van der Waals surface area contributed by atoms with Gasteiger partial charge in [0.25, 0.3) is 0 Å². The molecule has 5 nitrogen and oxygen atoms in total. The summed E-state index contributed by atoms with van der Waals surface area (Å²) in [4.78, 5) is 25.4. The third kappa shape index (κ3) is 4.20. The zero-order valence-electron chi connectivity index (χ0n) is 11.9. The number of carbonyl (C=O) groups is 2. The number of urea groups is 1. The summed E-state index contributed by atoms with van der Waals surface area (Å²) in [6.45, 7) is 2.80. The lowest BCUT2D eigenvalue weighted by Gasteiger charge is -2.23. The minimum atomic E-state index is -1.06. The molecule has 0 unspecified atom stereocenters. The molecule has 21 heavy (non-hydrogen) atoms. The van der Waals surface area contributed by atoms with Crippen LogP contribution in [0, 0.1) is 0 Å². The Morgan fingerprint density at radius 3 is 2.71 bits per heavy atom. The van der Waals surface area contributed by atoms with Crippen LogP contribution in [-0.2, 0) is 0 Å². The Bertz CT molecular complexity index is 544. The molecule has 0 bridgehead atoms. The number of carboxylic acid groups (broad SMARTS) is 1. The maximum absolute atomic E-state index is 12.4. The Kier molecular flexibility index (Phi) is 5.22. The summed E-state index contributed by atoms with van der Waals surface area (Å²) in [5, 5.41) is 12.0. The first-order valence-corrected chi connectivity index (χ1v) is 7.92. The number of nitrogens with zero attached hydrogens (tertiary/aromatic N) is 1. The van der Waals surface area contributed by atoms with Gasteiger partial charge in [0.2, 0.25) is 0 Å². The minimum Gasteiger partial charge on any atom is -0.478 e. The molecule has 2 N–H and O–H groups in total. The number of halogens is 1. The third-order valence-corrected chi connectivity index (χ3v) is 3.95. The van der Waals surface area contributed by atoms with Crippen LogP contribution in [-0.4, -0.2) is 34.6 Å². The highest BCUT2D eigenvalue weighted by atomic mass is 79.9. The van der Waals surface area contributed by atoms with E-state index in [-0.39, 0.29) is 11.6 Å². The summed E-state index contributed by atoms with van der Waals surface area (Å²) in [7, 11) is 0. The van der Waals surface area contributed by atoms with Crippen molar-refractivity contribution in [3.8, 4) is 0 Å². The molecule has 6 heteroatoms. The number of anilines is 1. The van der Waals surface area contributed by atoms with E-state index in [0.717, 1.165) is 25.7 Å². The number of hydrogen-bond acceptors (Lipinski definition) is 2. The maximum atomic E-state index is 12.4. The van der Waals surface area contributed by atoms with Crippen molar-refractivity contribution < 1.29 is 14.7 Å². The first kappa shape index (κ1) is 15.8. The highest BCUT2D eigenvalue weighted by Gasteiger charge is 2.32. The molecular weight excluding hydrogens is 336 g/mol. The van der Waals surface area contributed by atoms with Crippen molar-refractivity contribution in [2.24, 2.45) is 0 Å². The maximum Gasteiger partial charge on any atom is 0.337 e. The topological polar surface area (TPSA) is 69.6 Å². The molecule has 1 aliphatic carbocycles. The molecule has 0 radical (unpaired) electrons. The summed E-state index contributed by atoms with van der Waals surface area (Å²) >= 11 is 3.24. The molecule has 0 atom stereocenters. The van der Waals surface area contributed by atoms with Crippen LogP contribution in [0.3, 0.4) is 0 Å². The molecule has 0 aromatic heterocycles. The van der Waals surface area contributed by atoms with Gasteiger partial charge in [-0.15, -0.1) is 0 Å². The quantitative estimate of drug-likeness (QED) is 0.812. The van der Waals surface area contributed by atoms with E-state index in [1.54, 1.807) is 12.1 Å². The van der Waals surface area contributed by atoms with Crippen LogP contribution in [0.4, 0.5) is 10.5 Å². The van der Waals surface area contributed by atoms with Crippen molar-refractivity contribution in [2.45, 2.75) is 38.6 Å². The largest absolute Gasteiger partial charge is 0.478 e. The second kappa shape index (κ2) is 6.93. The summed E-state index contributed by atoms with van der Waals surface area (Å²) in [5.41, 5.74) is 0.418. The van der Waals surface area contributed by atoms with E-state index in [4.69, 9.17) is 0 Å². The normalized spacial score (nSPS) is 13.8. The number of aromatic carboxylic acids is 1. The Hall–Kier alpha value is -1.56. The Labute approximate surface area is 132 Å². The summed E-state index contributed by atoms with van der Waals surface area (Å²) in [6.07, 6.45) is 4.04. The van der Waals surface area contributed by atoms with E-state index in [2.05, 4.69) is 28.2 Å². The second-order valence-corrected chi connectivity index (χ2v) is 6.12. The number of rotatable bonds is 6. The van der Waals surface area contributed by atoms with Gasteiger partial charge in [0, 0.05) is 17.1 Å². The van der Waals surface area contributed by atoms with E-state index in [0.29, 0.717) is 22.7 Å². The van der Waals surface area contributed by atoms with Crippen LogP contribution in [0.5, 0.6) is 0 Å². The van der Waals surface area contributed by atoms with Crippen LogP contribution in [0.2, 0.25) is 0 Å². The van der Waals surface area contributed by atoms with Gasteiger partial charge in [0.15, 0.2) is 0 Å². The highest BCUT2D eigenvalue weighted by Crippen LogP contribution is 2.28. The van der Waals surface area contributed by atoms with Crippen molar-refractivity contribution in [3.63, 3.8) is 0 Å². The van der Waals surface area contributed by atoms with Gasteiger partial charge < -0.3 is 15.3 Å². The van der Waals surface area contributed by atoms with Crippen LogP contribution in [0.25, 0.3) is 0 Å². The molecule has 1 fully saturated rings. The standard InChI is InChI=1S/C15H19BrN2O3/c1-2-3-8-18(11-5-6-11)15(21)17-13-7-4-10(16)9-12(13)14(19)20/h4,7,9,11H,2-3,5-6,8H2,1H3,(H,17,21)(H,19,20). The molecule has 1 aromatic carbocycles. The zero-order chi connectivity index (χ0) is 15.4. The number of unbranched alkanes of at least 4 members (excludes halogenated alkanes) is 1. The molecule has 1 aromatic rings. The predicted octanol–water partition coefficient (Wildman–Crippen LogP) is 3.94. The van der Waals surface area contributed by atoms with Crippen molar-refractivity contribution in [1.82, 2.24) is 4.90 Å². The van der Waals surface area contributed by atoms with Gasteiger partial charge >= 0.3 is 12.0 Å².